The van der Waals surface area contributed by atoms with Crippen LogP contribution >= 0.6 is 0 Å². The number of benzene rings is 4. The van der Waals surface area contributed by atoms with E-state index in [4.69, 9.17) is 24.9 Å². The summed E-state index contributed by atoms with van der Waals surface area (Å²) in [7, 11) is 0. The van der Waals surface area contributed by atoms with Gasteiger partial charge in [0.05, 0.1) is 22.8 Å². The highest BCUT2D eigenvalue weighted by atomic mass is 15.0. The molecule has 0 amide bonds. The van der Waals surface area contributed by atoms with E-state index in [9.17, 15) is 0 Å². The summed E-state index contributed by atoms with van der Waals surface area (Å²) in [5, 5.41) is 0. The van der Waals surface area contributed by atoms with E-state index in [0.29, 0.717) is 17.5 Å². The average Bonchev–Trinajstić information content (AvgIpc) is 3.27. The Balaban J connectivity index is 1.05. The summed E-state index contributed by atoms with van der Waals surface area (Å²) in [5.41, 5.74) is 12.3. The van der Waals surface area contributed by atoms with Crippen LogP contribution in [0.3, 0.4) is 0 Å². The van der Waals surface area contributed by atoms with Crippen LogP contribution in [0, 0.1) is 0 Å². The van der Waals surface area contributed by atoms with Gasteiger partial charge in [-0.25, -0.2) is 15.0 Å². The molecule has 0 radical (unpaired) electrons. The number of hydrogen-bond donors (Lipinski definition) is 0. The fourth-order valence-corrected chi connectivity index (χ4v) is 6.31. The molecule has 5 aromatic heterocycles. The molecule has 4 aromatic carbocycles. The number of pyridine rings is 4. The van der Waals surface area contributed by atoms with Crippen molar-refractivity contribution in [1.82, 2.24) is 34.9 Å². The van der Waals surface area contributed by atoms with Crippen molar-refractivity contribution in [1.29, 1.82) is 0 Å². The molecule has 9 aromatic rings. The first-order valence-corrected chi connectivity index (χ1v) is 17.6. The van der Waals surface area contributed by atoms with Gasteiger partial charge >= 0.3 is 0 Å². The van der Waals surface area contributed by atoms with E-state index < -0.39 is 0 Å². The normalized spacial score (nSPS) is 11.0. The standard InChI is InChI=1S/C47H31N7/c1-2-9-32(10-3-1)37-11-8-12-38(29-37)47-53-45(35-19-15-33(16-20-35)43-25-23-39(30-50-43)41-13-4-6-27-48-41)52-46(54-47)36-21-17-34(18-22-36)44-26-24-40(31-51-44)42-14-5-7-28-49-42/h1-31H. The van der Waals surface area contributed by atoms with Crippen LogP contribution in [0.15, 0.2) is 189 Å². The van der Waals surface area contributed by atoms with E-state index in [2.05, 4.69) is 58.5 Å². The first-order valence-electron chi connectivity index (χ1n) is 17.6. The second-order valence-electron chi connectivity index (χ2n) is 12.7. The quantitative estimate of drug-likeness (QED) is 0.156. The smallest absolute Gasteiger partial charge is 0.164 e. The molecular formula is C47H31N7. The van der Waals surface area contributed by atoms with Gasteiger partial charge in [-0.05, 0) is 65.7 Å². The lowest BCUT2D eigenvalue weighted by atomic mass is 10.0. The van der Waals surface area contributed by atoms with Crippen molar-refractivity contribution in [2.45, 2.75) is 0 Å². The van der Waals surface area contributed by atoms with Gasteiger partial charge in [-0.1, -0.05) is 109 Å². The zero-order valence-electron chi connectivity index (χ0n) is 29.0. The van der Waals surface area contributed by atoms with Gasteiger partial charge in [0.2, 0.25) is 0 Å². The monoisotopic (exact) mass is 693 g/mol. The summed E-state index contributed by atoms with van der Waals surface area (Å²) in [6.45, 7) is 0. The Bertz CT molecular complexity index is 2500. The van der Waals surface area contributed by atoms with Gasteiger partial charge in [-0.15, -0.1) is 0 Å². The maximum absolute atomic E-state index is 5.02. The molecule has 0 aliphatic rings. The minimum Gasteiger partial charge on any atom is -0.256 e. The molecule has 0 atom stereocenters. The van der Waals surface area contributed by atoms with E-state index >= 15 is 0 Å². The Labute approximate surface area is 312 Å². The van der Waals surface area contributed by atoms with Crippen LogP contribution in [0.4, 0.5) is 0 Å². The second kappa shape index (κ2) is 14.6. The number of nitrogens with zero attached hydrogens (tertiary/aromatic N) is 7. The van der Waals surface area contributed by atoms with Crippen molar-refractivity contribution in [2.24, 2.45) is 0 Å². The van der Waals surface area contributed by atoms with Crippen molar-refractivity contribution in [3.63, 3.8) is 0 Å². The van der Waals surface area contributed by atoms with Crippen molar-refractivity contribution < 1.29 is 0 Å². The molecule has 7 heteroatoms. The maximum atomic E-state index is 5.02. The third-order valence-electron chi connectivity index (χ3n) is 9.19. The fraction of sp³-hybridized carbons (Fsp3) is 0. The van der Waals surface area contributed by atoms with Gasteiger partial charge in [0.25, 0.3) is 0 Å². The van der Waals surface area contributed by atoms with Crippen LogP contribution in [0.2, 0.25) is 0 Å². The Morgan fingerprint density at radius 3 is 1.11 bits per heavy atom. The minimum atomic E-state index is 0.584. The molecule has 9 rings (SSSR count). The second-order valence-corrected chi connectivity index (χ2v) is 12.7. The van der Waals surface area contributed by atoms with Crippen LogP contribution in [-0.2, 0) is 0 Å². The predicted molar refractivity (Wildman–Crippen MR) is 214 cm³/mol. The fourth-order valence-electron chi connectivity index (χ4n) is 6.31. The van der Waals surface area contributed by atoms with E-state index in [1.165, 1.54) is 0 Å². The average molecular weight is 694 g/mol. The summed E-state index contributed by atoms with van der Waals surface area (Å²) < 4.78 is 0. The third-order valence-corrected chi connectivity index (χ3v) is 9.19. The minimum absolute atomic E-state index is 0.584. The van der Waals surface area contributed by atoms with Gasteiger partial charge in [0.1, 0.15) is 0 Å². The van der Waals surface area contributed by atoms with E-state index in [0.717, 1.165) is 72.8 Å². The molecule has 0 aliphatic carbocycles. The molecule has 0 unspecified atom stereocenters. The van der Waals surface area contributed by atoms with Gasteiger partial charge in [-0.2, -0.15) is 0 Å². The zero-order valence-corrected chi connectivity index (χ0v) is 29.0. The first-order chi connectivity index (χ1) is 26.7. The molecule has 0 saturated heterocycles. The molecule has 7 nitrogen and oxygen atoms in total. The van der Waals surface area contributed by atoms with Gasteiger partial charge in [0.15, 0.2) is 17.5 Å². The van der Waals surface area contributed by atoms with Gasteiger partial charge in [0, 0.05) is 63.7 Å². The summed E-state index contributed by atoms with van der Waals surface area (Å²) >= 11 is 0. The van der Waals surface area contributed by atoms with E-state index in [-0.39, 0.29) is 0 Å². The lowest BCUT2D eigenvalue weighted by Crippen LogP contribution is -2.00. The highest BCUT2D eigenvalue weighted by Gasteiger charge is 2.14. The number of aromatic nitrogens is 7. The molecule has 0 N–H and O–H groups in total. The highest BCUT2D eigenvalue weighted by Crippen LogP contribution is 2.31. The van der Waals surface area contributed by atoms with Crippen LogP contribution in [0.1, 0.15) is 0 Å². The van der Waals surface area contributed by atoms with Crippen LogP contribution < -0.4 is 0 Å². The summed E-state index contributed by atoms with van der Waals surface area (Å²) in [4.78, 5) is 33.4. The van der Waals surface area contributed by atoms with E-state index in [1.807, 2.05) is 128 Å². The Kier molecular flexibility index (Phi) is 8.77. The molecule has 254 valence electrons. The molecule has 0 aliphatic heterocycles. The summed E-state index contributed by atoms with van der Waals surface area (Å²) in [5.74, 6) is 1.77. The Morgan fingerprint density at radius 1 is 0.241 bits per heavy atom. The lowest BCUT2D eigenvalue weighted by Gasteiger charge is -2.11. The molecular weight excluding hydrogens is 663 g/mol. The Morgan fingerprint density at radius 2 is 0.648 bits per heavy atom. The van der Waals surface area contributed by atoms with Crippen molar-refractivity contribution in [3.8, 4) is 90.3 Å². The lowest BCUT2D eigenvalue weighted by molar-refractivity contribution is 1.07. The molecule has 0 bridgehead atoms. The summed E-state index contributed by atoms with van der Waals surface area (Å²) in [6.07, 6.45) is 7.30. The third kappa shape index (κ3) is 6.89. The number of rotatable bonds is 8. The first kappa shape index (κ1) is 32.4. The predicted octanol–water partition coefficient (Wildman–Crippen LogP) is 10.8. The molecule has 5 heterocycles. The van der Waals surface area contributed by atoms with Crippen LogP contribution in [-0.4, -0.2) is 34.9 Å². The zero-order chi connectivity index (χ0) is 36.1. The van der Waals surface area contributed by atoms with Crippen LogP contribution in [0.25, 0.3) is 90.3 Å². The summed E-state index contributed by atoms with van der Waals surface area (Å²) in [6, 6.07) is 54.9. The maximum Gasteiger partial charge on any atom is 0.164 e. The number of hydrogen-bond acceptors (Lipinski definition) is 7. The topological polar surface area (TPSA) is 90.2 Å². The van der Waals surface area contributed by atoms with Crippen molar-refractivity contribution in [2.75, 3.05) is 0 Å². The Hall–Kier alpha value is -7.51. The largest absolute Gasteiger partial charge is 0.256 e. The highest BCUT2D eigenvalue weighted by molar-refractivity contribution is 5.74. The molecule has 0 fully saturated rings. The van der Waals surface area contributed by atoms with E-state index in [1.54, 1.807) is 12.4 Å². The van der Waals surface area contributed by atoms with Crippen molar-refractivity contribution in [3.05, 3.63) is 189 Å². The molecule has 54 heavy (non-hydrogen) atoms. The van der Waals surface area contributed by atoms with Gasteiger partial charge in [-0.3, -0.25) is 19.9 Å². The molecule has 0 spiro atoms. The van der Waals surface area contributed by atoms with Gasteiger partial charge < -0.3 is 0 Å². The van der Waals surface area contributed by atoms with Crippen LogP contribution in [0.5, 0.6) is 0 Å². The molecule has 0 saturated carbocycles. The SMILES string of the molecule is c1ccc(-c2cccc(-c3nc(-c4ccc(-c5ccc(-c6ccccn6)cn5)cc4)nc(-c4ccc(-c5ccc(-c6ccccn6)cn5)cc4)n3)c2)cc1. The van der Waals surface area contributed by atoms with Crippen molar-refractivity contribution >= 4 is 0 Å².